The van der Waals surface area contributed by atoms with E-state index in [1.807, 2.05) is 61.5 Å². The summed E-state index contributed by atoms with van der Waals surface area (Å²) in [5.74, 6) is 0.865. The average Bonchev–Trinajstić information content (AvgIpc) is 2.37. The van der Waals surface area contributed by atoms with Crippen molar-refractivity contribution in [3.05, 3.63) is 59.4 Å². The minimum atomic E-state index is 0.865. The molecule has 0 saturated carbocycles. The van der Waals surface area contributed by atoms with Gasteiger partial charge in [-0.25, -0.2) is 0 Å². The summed E-state index contributed by atoms with van der Waals surface area (Å²) < 4.78 is 5.18. The van der Waals surface area contributed by atoms with E-state index >= 15 is 0 Å². The lowest BCUT2D eigenvalue weighted by Crippen LogP contribution is -1.84. The third-order valence-electron chi connectivity index (χ3n) is 2.45. The highest BCUT2D eigenvalue weighted by atomic mass is 16.5. The van der Waals surface area contributed by atoms with Crippen LogP contribution in [0.4, 0.5) is 0 Å². The van der Waals surface area contributed by atoms with E-state index in [4.69, 9.17) is 4.74 Å². The van der Waals surface area contributed by atoms with E-state index in [0.29, 0.717) is 0 Å². The van der Waals surface area contributed by atoms with Crippen LogP contribution in [0, 0.1) is 6.92 Å². The van der Waals surface area contributed by atoms with Gasteiger partial charge in [-0.15, -0.1) is 0 Å². The molecule has 0 fully saturated rings. The molecule has 0 bridgehead atoms. The van der Waals surface area contributed by atoms with Crippen LogP contribution >= 0.6 is 0 Å². The van der Waals surface area contributed by atoms with Crippen LogP contribution in [0.15, 0.2) is 42.5 Å². The number of hydrogen-bond acceptors (Lipinski definition) is 2. The second-order valence-electron chi connectivity index (χ2n) is 3.81. The van der Waals surface area contributed by atoms with Crippen LogP contribution < -0.4 is 4.74 Å². The zero-order chi connectivity index (χ0) is 12.1. The third kappa shape index (κ3) is 3.18. The maximum absolute atomic E-state index is 5.18. The van der Waals surface area contributed by atoms with Crippen LogP contribution in [0.1, 0.15) is 17.0 Å². The Bertz CT molecular complexity index is 532. The van der Waals surface area contributed by atoms with Crippen molar-refractivity contribution in [3.63, 3.8) is 0 Å². The molecular weight excluding hydrogens is 210 g/mol. The molecule has 17 heavy (non-hydrogen) atoms. The highest BCUT2D eigenvalue weighted by Crippen LogP contribution is 2.14. The first-order valence-electron chi connectivity index (χ1n) is 5.54. The SMILES string of the molecule is COc1cccc(C=Cc2cccc(C)n2)c1. The summed E-state index contributed by atoms with van der Waals surface area (Å²) in [6.45, 7) is 1.99. The molecule has 0 N–H and O–H groups in total. The standard InChI is InChI=1S/C15H15NO/c1-12-5-3-7-14(16-12)10-9-13-6-4-8-15(11-13)17-2/h3-11H,1-2H3. The monoisotopic (exact) mass is 225 g/mol. The highest BCUT2D eigenvalue weighted by molar-refractivity contribution is 5.68. The zero-order valence-electron chi connectivity index (χ0n) is 10.1. The molecule has 0 amide bonds. The molecule has 1 aromatic heterocycles. The van der Waals surface area contributed by atoms with Crippen LogP contribution in [0.3, 0.4) is 0 Å². The van der Waals surface area contributed by atoms with Gasteiger partial charge in [0.05, 0.1) is 12.8 Å². The van der Waals surface area contributed by atoms with E-state index in [-0.39, 0.29) is 0 Å². The van der Waals surface area contributed by atoms with Crippen molar-refractivity contribution in [1.29, 1.82) is 0 Å². The van der Waals surface area contributed by atoms with Gasteiger partial charge in [-0.05, 0) is 42.8 Å². The molecule has 2 nitrogen and oxygen atoms in total. The van der Waals surface area contributed by atoms with Crippen LogP contribution in [-0.2, 0) is 0 Å². The average molecular weight is 225 g/mol. The molecule has 1 aromatic carbocycles. The van der Waals surface area contributed by atoms with E-state index < -0.39 is 0 Å². The Kier molecular flexibility index (Phi) is 3.55. The fraction of sp³-hybridized carbons (Fsp3) is 0.133. The summed E-state index contributed by atoms with van der Waals surface area (Å²) in [5.41, 5.74) is 3.10. The third-order valence-corrected chi connectivity index (χ3v) is 2.45. The lowest BCUT2D eigenvalue weighted by atomic mass is 10.2. The van der Waals surface area contributed by atoms with Gasteiger partial charge in [-0.1, -0.05) is 24.3 Å². The van der Waals surface area contributed by atoms with Crippen LogP contribution in [0.2, 0.25) is 0 Å². The van der Waals surface area contributed by atoms with Gasteiger partial charge in [0, 0.05) is 5.69 Å². The maximum Gasteiger partial charge on any atom is 0.119 e. The summed E-state index contributed by atoms with van der Waals surface area (Å²) in [6, 6.07) is 13.9. The topological polar surface area (TPSA) is 22.1 Å². The molecule has 0 unspecified atom stereocenters. The van der Waals surface area contributed by atoms with E-state index in [1.54, 1.807) is 7.11 Å². The first-order valence-corrected chi connectivity index (χ1v) is 5.54. The van der Waals surface area contributed by atoms with Crippen LogP contribution in [0.5, 0.6) is 5.75 Å². The molecule has 0 saturated heterocycles. The summed E-state index contributed by atoms with van der Waals surface area (Å²) in [4.78, 5) is 4.41. The number of methoxy groups -OCH3 is 1. The molecule has 0 spiro atoms. The van der Waals surface area contributed by atoms with Crippen LogP contribution in [-0.4, -0.2) is 12.1 Å². The van der Waals surface area contributed by atoms with Gasteiger partial charge in [0.1, 0.15) is 5.75 Å². The van der Waals surface area contributed by atoms with Gasteiger partial charge < -0.3 is 4.74 Å². The fourth-order valence-corrected chi connectivity index (χ4v) is 1.58. The smallest absolute Gasteiger partial charge is 0.119 e. The number of aromatic nitrogens is 1. The van der Waals surface area contributed by atoms with Gasteiger partial charge >= 0.3 is 0 Å². The second kappa shape index (κ2) is 5.30. The number of nitrogens with zero attached hydrogens (tertiary/aromatic N) is 1. The van der Waals surface area contributed by atoms with Crippen molar-refractivity contribution in [2.75, 3.05) is 7.11 Å². The Morgan fingerprint density at radius 3 is 2.65 bits per heavy atom. The van der Waals surface area contributed by atoms with Gasteiger partial charge in [0.2, 0.25) is 0 Å². The quantitative estimate of drug-likeness (QED) is 0.796. The molecule has 2 rings (SSSR count). The molecule has 86 valence electrons. The Hall–Kier alpha value is -2.09. The molecular formula is C15H15NO. The minimum absolute atomic E-state index is 0.865. The van der Waals surface area contributed by atoms with Crippen molar-refractivity contribution in [1.82, 2.24) is 4.98 Å². The van der Waals surface area contributed by atoms with Gasteiger partial charge in [-0.3, -0.25) is 4.98 Å². The summed E-state index contributed by atoms with van der Waals surface area (Å²) in [6.07, 6.45) is 4.03. The normalized spacial score (nSPS) is 10.7. The van der Waals surface area contributed by atoms with Crippen molar-refractivity contribution in [2.45, 2.75) is 6.92 Å². The van der Waals surface area contributed by atoms with Crippen molar-refractivity contribution in [2.24, 2.45) is 0 Å². The van der Waals surface area contributed by atoms with Gasteiger partial charge in [0.15, 0.2) is 0 Å². The molecule has 0 aliphatic carbocycles. The Morgan fingerprint density at radius 1 is 1.06 bits per heavy atom. The van der Waals surface area contributed by atoms with Crippen molar-refractivity contribution < 1.29 is 4.74 Å². The highest BCUT2D eigenvalue weighted by Gasteiger charge is 1.92. The van der Waals surface area contributed by atoms with Crippen LogP contribution in [0.25, 0.3) is 12.2 Å². The number of aryl methyl sites for hydroxylation is 1. The second-order valence-corrected chi connectivity index (χ2v) is 3.81. The Morgan fingerprint density at radius 2 is 1.88 bits per heavy atom. The zero-order valence-corrected chi connectivity index (χ0v) is 10.1. The Balaban J connectivity index is 2.19. The molecule has 2 aromatic rings. The van der Waals surface area contributed by atoms with E-state index in [0.717, 1.165) is 22.7 Å². The molecule has 1 heterocycles. The molecule has 0 aliphatic rings. The predicted molar refractivity (Wildman–Crippen MR) is 70.9 cm³/mol. The molecule has 0 radical (unpaired) electrons. The Labute approximate surface area is 102 Å². The number of rotatable bonds is 3. The molecule has 0 atom stereocenters. The summed E-state index contributed by atoms with van der Waals surface area (Å²) in [5, 5.41) is 0. The summed E-state index contributed by atoms with van der Waals surface area (Å²) >= 11 is 0. The predicted octanol–water partition coefficient (Wildman–Crippen LogP) is 3.57. The minimum Gasteiger partial charge on any atom is -0.497 e. The summed E-state index contributed by atoms with van der Waals surface area (Å²) in [7, 11) is 1.67. The van der Waals surface area contributed by atoms with Gasteiger partial charge in [0.25, 0.3) is 0 Å². The van der Waals surface area contributed by atoms with Crippen molar-refractivity contribution in [3.8, 4) is 5.75 Å². The largest absolute Gasteiger partial charge is 0.497 e. The first kappa shape index (κ1) is 11.4. The number of ether oxygens (including phenoxy) is 1. The number of benzene rings is 1. The molecule has 0 aliphatic heterocycles. The lowest BCUT2D eigenvalue weighted by Gasteiger charge is -2.00. The number of hydrogen-bond donors (Lipinski definition) is 0. The fourth-order valence-electron chi connectivity index (χ4n) is 1.58. The van der Waals surface area contributed by atoms with Gasteiger partial charge in [-0.2, -0.15) is 0 Å². The molecule has 2 heteroatoms. The number of pyridine rings is 1. The lowest BCUT2D eigenvalue weighted by molar-refractivity contribution is 0.414. The van der Waals surface area contributed by atoms with E-state index in [9.17, 15) is 0 Å². The van der Waals surface area contributed by atoms with E-state index in [2.05, 4.69) is 4.98 Å². The maximum atomic E-state index is 5.18. The van der Waals surface area contributed by atoms with E-state index in [1.165, 1.54) is 0 Å². The van der Waals surface area contributed by atoms with Crippen molar-refractivity contribution >= 4 is 12.2 Å². The first-order chi connectivity index (χ1) is 8.28.